The Hall–Kier alpha value is -19.7. The highest BCUT2D eigenvalue weighted by molar-refractivity contribution is 6.39. The smallest absolute Gasteiger partial charge is 0.164 e. The van der Waals surface area contributed by atoms with Crippen LogP contribution in [0.15, 0.2) is 528 Å². The van der Waals surface area contributed by atoms with E-state index in [2.05, 4.69) is 463 Å². The van der Waals surface area contributed by atoms with Crippen LogP contribution in [-0.2, 0) is 0 Å². The minimum absolute atomic E-state index is 0.635. The van der Waals surface area contributed by atoms with E-state index in [0.717, 1.165) is 95.4 Å². The van der Waals surface area contributed by atoms with E-state index in [1.54, 1.807) is 0 Å². The first-order chi connectivity index (χ1) is 72.9. The maximum atomic E-state index is 5.19. The fraction of sp³-hybridized carbons (Fsp3) is 0. The van der Waals surface area contributed by atoms with Crippen LogP contribution in [0.2, 0.25) is 0 Å². The lowest BCUT2D eigenvalue weighted by molar-refractivity contribution is 1.07. The molecule has 0 atom stereocenters. The molecular weight excluding hydrogens is 1780 g/mol. The standard InChI is InChI=1S/C47H30N2.C46H29N3.C45H28N4/c1-3-13-31(14-4-1)35-29-42(33-16-5-2-6-17-33)48-43(30-35)34-23-26-36(27-24-34)49-44-28-25-32-15-7-8-18-37(32)45(44)46-40-21-11-9-19-38(40)39-20-10-12-22-41(39)47(46)49;1-3-14-31(15-4-1)40-29-41(32-16-5-2-6-17-32)48-46(47-40)33-23-26-34(27-24-33)49-42-28-25-30-13-7-8-18-35(30)43(42)44-38-21-11-9-19-36(38)37-20-10-12-22-39(37)45(44)49;1-3-15-30(16-4-1)43-46-44(31-17-5-2-6-18-31)48-45(47-43)32-19-13-20-33(28-32)49-39-27-26-29-14-7-8-21-34(29)40(39)41-37-24-11-9-22-35(37)36-23-10-12-25-38(36)42(41)49/h1-30H;1-29H;1-28H. The topological polar surface area (TPSA) is 92.1 Å². The van der Waals surface area contributed by atoms with Crippen LogP contribution in [0.25, 0.3) is 281 Å². The van der Waals surface area contributed by atoms with Crippen LogP contribution >= 0.6 is 0 Å². The van der Waals surface area contributed by atoms with Gasteiger partial charge in [0.25, 0.3) is 0 Å². The van der Waals surface area contributed by atoms with Crippen molar-refractivity contribution in [1.82, 2.24) is 43.6 Å². The molecule has 9 heteroatoms. The Morgan fingerprint density at radius 1 is 0.122 bits per heavy atom. The minimum Gasteiger partial charge on any atom is -0.309 e. The van der Waals surface area contributed by atoms with Crippen molar-refractivity contribution in [3.05, 3.63) is 528 Å². The van der Waals surface area contributed by atoms with Gasteiger partial charge in [0.1, 0.15) is 0 Å². The number of nitrogens with zero attached hydrogens (tertiary/aromatic N) is 9. The lowest BCUT2D eigenvalue weighted by Gasteiger charge is -2.13. The summed E-state index contributed by atoms with van der Waals surface area (Å²) in [6.45, 7) is 0. The lowest BCUT2D eigenvalue weighted by atomic mass is 9.95. The first-order valence-electron chi connectivity index (χ1n) is 50.0. The number of hydrogen-bond donors (Lipinski definition) is 0. The highest BCUT2D eigenvalue weighted by atomic mass is 15.0. The summed E-state index contributed by atoms with van der Waals surface area (Å²) in [5.74, 6) is 2.64. The van der Waals surface area contributed by atoms with Gasteiger partial charge in [-0.25, -0.2) is 29.9 Å². The summed E-state index contributed by atoms with van der Waals surface area (Å²) < 4.78 is 7.36. The summed E-state index contributed by atoms with van der Waals surface area (Å²) in [5, 5.41) is 30.3. The van der Waals surface area contributed by atoms with Crippen LogP contribution < -0.4 is 0 Å². The average molecular weight is 1870 g/mol. The molecule has 0 amide bonds. The van der Waals surface area contributed by atoms with Gasteiger partial charge in [0.15, 0.2) is 23.3 Å². The van der Waals surface area contributed by atoms with E-state index in [4.69, 9.17) is 29.9 Å². The number of benzene rings is 24. The number of fused-ring (bicyclic) bond motifs is 30. The molecule has 0 spiro atoms. The number of hydrogen-bond acceptors (Lipinski definition) is 6. The highest BCUT2D eigenvalue weighted by Gasteiger charge is 2.28. The first-order valence-corrected chi connectivity index (χ1v) is 50.0. The number of aromatic nitrogens is 9. The van der Waals surface area contributed by atoms with E-state index in [9.17, 15) is 0 Å². The van der Waals surface area contributed by atoms with Gasteiger partial charge in [0.2, 0.25) is 0 Å². The Bertz CT molecular complexity index is 9900. The summed E-state index contributed by atoms with van der Waals surface area (Å²) >= 11 is 0. The van der Waals surface area contributed by atoms with Crippen LogP contribution in [0, 0.1) is 0 Å². The van der Waals surface area contributed by atoms with Gasteiger partial charge in [-0.15, -0.1) is 0 Å². The Labute approximate surface area is 846 Å². The predicted octanol–water partition coefficient (Wildman–Crippen LogP) is 36.1. The second-order valence-electron chi connectivity index (χ2n) is 37.7. The second-order valence-corrected chi connectivity index (χ2v) is 37.7. The van der Waals surface area contributed by atoms with E-state index in [0.29, 0.717) is 23.3 Å². The Morgan fingerprint density at radius 3 is 0.721 bits per heavy atom. The molecule has 147 heavy (non-hydrogen) atoms. The molecule has 0 fully saturated rings. The summed E-state index contributed by atoms with van der Waals surface area (Å²) in [4.78, 5) is 30.4. The van der Waals surface area contributed by atoms with Crippen molar-refractivity contribution in [2.24, 2.45) is 0 Å². The van der Waals surface area contributed by atoms with E-state index < -0.39 is 0 Å². The molecule has 0 saturated carbocycles. The molecule has 30 aromatic rings. The van der Waals surface area contributed by atoms with Gasteiger partial charge in [-0.1, -0.05) is 443 Å². The Kier molecular flexibility index (Phi) is 20.8. The molecular formula is C138H87N9. The van der Waals surface area contributed by atoms with Crippen LogP contribution in [-0.4, -0.2) is 43.6 Å². The summed E-state index contributed by atoms with van der Waals surface area (Å²) in [7, 11) is 0. The zero-order valence-corrected chi connectivity index (χ0v) is 79.8. The van der Waals surface area contributed by atoms with E-state index in [1.165, 1.54) is 162 Å². The van der Waals surface area contributed by atoms with E-state index in [-0.39, 0.29) is 0 Å². The SMILES string of the molecule is c1ccc(-c2cc(-c3ccccc3)nc(-c3ccc(-n4c5ccc6ccccc6c5c5c6ccccc6c6ccccc6c54)cc3)c2)cc1.c1ccc(-c2cc(-c3ccccc3)nc(-c3ccc(-n4c5ccc6ccccc6c5c5c6ccccc6c6ccccc6c54)cc3)n2)cc1.c1ccc(-c2nc(-c3ccccc3)nc(-c3cccc(-n4c5ccc6ccccc6c5c5c6ccccc6c6ccccc6c54)c3)n2)cc1. The third-order valence-corrected chi connectivity index (χ3v) is 29.3. The quantitative estimate of drug-likeness (QED) is 0.113. The molecule has 0 aliphatic carbocycles. The third kappa shape index (κ3) is 14.7. The lowest BCUT2D eigenvalue weighted by Crippen LogP contribution is -2.01. The average Bonchev–Trinajstić information content (AvgIpc) is 1.56. The molecule has 0 N–H and O–H groups in total. The van der Waals surface area contributed by atoms with Gasteiger partial charge < -0.3 is 13.7 Å². The molecule has 9 nitrogen and oxygen atoms in total. The zero-order chi connectivity index (χ0) is 96.9. The van der Waals surface area contributed by atoms with Crippen molar-refractivity contribution in [2.45, 2.75) is 0 Å². The van der Waals surface area contributed by atoms with Crippen molar-refractivity contribution >= 4 is 162 Å². The van der Waals surface area contributed by atoms with Crippen molar-refractivity contribution in [3.63, 3.8) is 0 Å². The van der Waals surface area contributed by atoms with Gasteiger partial charge in [0, 0.05) is 110 Å². The molecule has 0 saturated heterocycles. The molecule has 0 radical (unpaired) electrons. The van der Waals surface area contributed by atoms with Crippen molar-refractivity contribution < 1.29 is 0 Å². The summed E-state index contributed by atoms with van der Waals surface area (Å²) in [5.41, 5.74) is 24.7. The molecule has 0 aliphatic rings. The monoisotopic (exact) mass is 1870 g/mol. The Balaban J connectivity index is 0.000000107. The first kappa shape index (κ1) is 85.3. The van der Waals surface area contributed by atoms with Gasteiger partial charge in [-0.2, -0.15) is 0 Å². The van der Waals surface area contributed by atoms with E-state index in [1.807, 2.05) is 78.9 Å². The Morgan fingerprint density at radius 2 is 0.367 bits per heavy atom. The fourth-order valence-corrected chi connectivity index (χ4v) is 22.7. The van der Waals surface area contributed by atoms with Gasteiger partial charge in [-0.05, 0) is 177 Å². The van der Waals surface area contributed by atoms with Crippen molar-refractivity contribution in [3.8, 4) is 119 Å². The normalized spacial score (nSPS) is 11.7. The molecule has 6 heterocycles. The van der Waals surface area contributed by atoms with Crippen molar-refractivity contribution in [1.29, 1.82) is 0 Å². The molecule has 0 bridgehead atoms. The van der Waals surface area contributed by atoms with Gasteiger partial charge in [0.05, 0.1) is 55.9 Å². The van der Waals surface area contributed by atoms with Crippen LogP contribution in [0.3, 0.4) is 0 Å². The highest BCUT2D eigenvalue weighted by Crippen LogP contribution is 2.51. The third-order valence-electron chi connectivity index (χ3n) is 29.3. The molecule has 0 aliphatic heterocycles. The molecule has 30 rings (SSSR count). The molecule has 24 aromatic carbocycles. The summed E-state index contributed by atoms with van der Waals surface area (Å²) in [6, 6.07) is 188. The maximum Gasteiger partial charge on any atom is 0.164 e. The largest absolute Gasteiger partial charge is 0.309 e. The summed E-state index contributed by atoms with van der Waals surface area (Å²) in [6.07, 6.45) is 0. The van der Waals surface area contributed by atoms with Crippen molar-refractivity contribution in [2.75, 3.05) is 0 Å². The maximum absolute atomic E-state index is 5.19. The zero-order valence-electron chi connectivity index (χ0n) is 79.8. The van der Waals surface area contributed by atoms with Crippen LogP contribution in [0.1, 0.15) is 0 Å². The number of rotatable bonds is 12. The fourth-order valence-electron chi connectivity index (χ4n) is 22.7. The molecule has 0 unspecified atom stereocenters. The van der Waals surface area contributed by atoms with Crippen LogP contribution in [0.5, 0.6) is 0 Å². The van der Waals surface area contributed by atoms with E-state index >= 15 is 0 Å². The number of pyridine rings is 1. The van der Waals surface area contributed by atoms with Crippen LogP contribution in [0.4, 0.5) is 0 Å². The molecule has 684 valence electrons. The minimum atomic E-state index is 0.635. The molecule has 6 aromatic heterocycles. The second kappa shape index (κ2) is 35.8. The predicted molar refractivity (Wildman–Crippen MR) is 616 cm³/mol. The van der Waals surface area contributed by atoms with Gasteiger partial charge in [-0.3, -0.25) is 0 Å². The van der Waals surface area contributed by atoms with Gasteiger partial charge >= 0.3 is 0 Å².